The van der Waals surface area contributed by atoms with Crippen molar-refractivity contribution >= 4 is 22.1 Å². The van der Waals surface area contributed by atoms with Crippen molar-refractivity contribution in [2.45, 2.75) is 6.17 Å². The quantitative estimate of drug-likeness (QED) is 0.616. The Bertz CT molecular complexity index is 275. The predicted octanol–water partition coefficient (Wildman–Crippen LogP) is 0.482. The van der Waals surface area contributed by atoms with Crippen LogP contribution in [0.3, 0.4) is 0 Å². The molecule has 5 heteroatoms. The molecule has 12 heavy (non-hydrogen) atoms. The second kappa shape index (κ2) is 2.82. The van der Waals surface area contributed by atoms with Crippen LogP contribution in [0.5, 0.6) is 0 Å². The smallest absolute Gasteiger partial charge is 0.259 e. The van der Waals surface area contributed by atoms with Crippen LogP contribution in [0.1, 0.15) is 0 Å². The van der Waals surface area contributed by atoms with E-state index in [1.165, 1.54) is 0 Å². The standard InChI is InChI=1S/C7H7BrN2O2/c8-10-3-1-2-5-7(10)9-6(11)4-12-5/h1-3,7H,4H2,(H,9,11). The van der Waals surface area contributed by atoms with Gasteiger partial charge in [0.1, 0.15) is 5.76 Å². The van der Waals surface area contributed by atoms with Crippen molar-refractivity contribution in [2.24, 2.45) is 0 Å². The van der Waals surface area contributed by atoms with Crippen molar-refractivity contribution in [2.75, 3.05) is 6.61 Å². The zero-order valence-corrected chi connectivity index (χ0v) is 7.74. The molecule has 2 aliphatic heterocycles. The molecule has 64 valence electrons. The number of morpholine rings is 1. The number of allylic oxidation sites excluding steroid dienone is 2. The van der Waals surface area contributed by atoms with Crippen LogP contribution >= 0.6 is 16.1 Å². The lowest BCUT2D eigenvalue weighted by Crippen LogP contribution is -2.50. The van der Waals surface area contributed by atoms with Gasteiger partial charge in [0.2, 0.25) is 0 Å². The number of hydrogen-bond acceptors (Lipinski definition) is 3. The van der Waals surface area contributed by atoms with Gasteiger partial charge in [-0.15, -0.1) is 0 Å². The summed E-state index contributed by atoms with van der Waals surface area (Å²) >= 11 is 3.27. The third-order valence-corrected chi connectivity index (χ3v) is 2.32. The highest BCUT2D eigenvalue weighted by Gasteiger charge is 2.28. The van der Waals surface area contributed by atoms with Gasteiger partial charge < -0.3 is 10.1 Å². The van der Waals surface area contributed by atoms with Crippen LogP contribution in [0.4, 0.5) is 0 Å². The molecule has 1 unspecified atom stereocenters. The Morgan fingerprint density at radius 2 is 2.58 bits per heavy atom. The van der Waals surface area contributed by atoms with E-state index >= 15 is 0 Å². The zero-order chi connectivity index (χ0) is 8.55. The number of nitrogens with one attached hydrogen (secondary N) is 1. The van der Waals surface area contributed by atoms with Crippen LogP contribution in [-0.4, -0.2) is 22.6 Å². The van der Waals surface area contributed by atoms with E-state index in [-0.39, 0.29) is 18.7 Å². The van der Waals surface area contributed by atoms with Crippen molar-refractivity contribution in [3.05, 3.63) is 24.1 Å². The summed E-state index contributed by atoms with van der Waals surface area (Å²) in [5, 5.41) is 2.76. The minimum absolute atomic E-state index is 0.100. The first-order valence-electron chi connectivity index (χ1n) is 3.52. The summed E-state index contributed by atoms with van der Waals surface area (Å²) < 4.78 is 6.90. The predicted molar refractivity (Wildman–Crippen MR) is 45.9 cm³/mol. The fourth-order valence-electron chi connectivity index (χ4n) is 1.12. The summed E-state index contributed by atoms with van der Waals surface area (Å²) in [5.74, 6) is 0.658. The number of hydrogen-bond donors (Lipinski definition) is 1. The fraction of sp³-hybridized carbons (Fsp3) is 0.286. The van der Waals surface area contributed by atoms with Gasteiger partial charge in [0, 0.05) is 6.20 Å². The van der Waals surface area contributed by atoms with Gasteiger partial charge in [-0.05, 0) is 12.2 Å². The van der Waals surface area contributed by atoms with Crippen LogP contribution in [0.25, 0.3) is 0 Å². The molecule has 1 saturated heterocycles. The first-order valence-corrected chi connectivity index (χ1v) is 4.23. The van der Waals surface area contributed by atoms with E-state index in [0.29, 0.717) is 0 Å². The Kier molecular flexibility index (Phi) is 1.80. The molecule has 1 fully saturated rings. The largest absolute Gasteiger partial charge is 0.484 e. The average molecular weight is 231 g/mol. The van der Waals surface area contributed by atoms with Crippen LogP contribution in [-0.2, 0) is 9.53 Å². The number of carbonyl (C=O) groups excluding carboxylic acids is 1. The SMILES string of the molecule is O=C1COC2=CC=CN(Br)C2N1. The number of nitrogens with zero attached hydrogens (tertiary/aromatic N) is 1. The van der Waals surface area contributed by atoms with Crippen LogP contribution in [0, 0.1) is 0 Å². The highest BCUT2D eigenvalue weighted by Crippen LogP contribution is 2.21. The number of ether oxygens (including phenoxy) is 1. The molecule has 1 N–H and O–H groups in total. The molecule has 0 spiro atoms. The lowest BCUT2D eigenvalue weighted by Gasteiger charge is -2.32. The van der Waals surface area contributed by atoms with Gasteiger partial charge in [0.15, 0.2) is 12.8 Å². The van der Waals surface area contributed by atoms with Crippen molar-refractivity contribution in [1.29, 1.82) is 0 Å². The maximum absolute atomic E-state index is 10.9. The fourth-order valence-corrected chi connectivity index (χ4v) is 1.56. The van der Waals surface area contributed by atoms with Gasteiger partial charge in [-0.3, -0.25) is 8.72 Å². The number of halogens is 1. The first kappa shape index (κ1) is 7.67. The Morgan fingerprint density at radius 1 is 1.75 bits per heavy atom. The van der Waals surface area contributed by atoms with Crippen molar-refractivity contribution < 1.29 is 9.53 Å². The normalized spacial score (nSPS) is 27.1. The molecule has 0 saturated carbocycles. The Morgan fingerprint density at radius 3 is 3.42 bits per heavy atom. The third-order valence-electron chi connectivity index (χ3n) is 1.67. The minimum Gasteiger partial charge on any atom is -0.484 e. The van der Waals surface area contributed by atoms with E-state index in [4.69, 9.17) is 4.74 Å². The number of rotatable bonds is 0. The molecular weight excluding hydrogens is 224 g/mol. The van der Waals surface area contributed by atoms with Gasteiger partial charge in [-0.25, -0.2) is 0 Å². The van der Waals surface area contributed by atoms with E-state index in [1.807, 2.05) is 18.4 Å². The molecule has 1 amide bonds. The van der Waals surface area contributed by atoms with Crippen LogP contribution in [0.15, 0.2) is 24.1 Å². The summed E-state index contributed by atoms with van der Waals surface area (Å²) in [6.45, 7) is 0.108. The number of amides is 1. The second-order valence-electron chi connectivity index (χ2n) is 2.51. The van der Waals surface area contributed by atoms with E-state index in [0.717, 1.165) is 5.76 Å². The topological polar surface area (TPSA) is 41.6 Å². The molecule has 0 radical (unpaired) electrons. The molecule has 4 nitrogen and oxygen atoms in total. The summed E-state index contributed by atoms with van der Waals surface area (Å²) in [4.78, 5) is 10.9. The highest BCUT2D eigenvalue weighted by atomic mass is 79.9. The molecule has 2 rings (SSSR count). The van der Waals surface area contributed by atoms with Gasteiger partial charge in [0.25, 0.3) is 5.91 Å². The molecule has 0 bridgehead atoms. The molecule has 1 atom stereocenters. The van der Waals surface area contributed by atoms with E-state index in [9.17, 15) is 4.79 Å². The lowest BCUT2D eigenvalue weighted by atomic mass is 10.2. The highest BCUT2D eigenvalue weighted by molar-refractivity contribution is 9.07. The zero-order valence-electron chi connectivity index (χ0n) is 6.16. The van der Waals surface area contributed by atoms with Crippen LogP contribution in [0.2, 0.25) is 0 Å². The molecule has 0 aromatic carbocycles. The Labute approximate surface area is 78.2 Å². The summed E-state index contributed by atoms with van der Waals surface area (Å²) in [5.41, 5.74) is 0. The number of fused-ring (bicyclic) bond motifs is 1. The molecule has 0 aromatic heterocycles. The van der Waals surface area contributed by atoms with Crippen molar-refractivity contribution in [3.63, 3.8) is 0 Å². The van der Waals surface area contributed by atoms with Crippen LogP contribution < -0.4 is 5.32 Å². The van der Waals surface area contributed by atoms with Gasteiger partial charge in [0.05, 0.1) is 16.1 Å². The molecular formula is C7H7BrN2O2. The second-order valence-corrected chi connectivity index (χ2v) is 3.33. The van der Waals surface area contributed by atoms with E-state index in [1.54, 1.807) is 3.93 Å². The first-order chi connectivity index (χ1) is 5.77. The molecule has 2 heterocycles. The van der Waals surface area contributed by atoms with E-state index in [2.05, 4.69) is 21.5 Å². The summed E-state index contributed by atoms with van der Waals surface area (Å²) in [6.07, 6.45) is 5.29. The van der Waals surface area contributed by atoms with Gasteiger partial charge >= 0.3 is 0 Å². The Balaban J connectivity index is 2.21. The molecule has 2 aliphatic rings. The summed E-state index contributed by atoms with van der Waals surface area (Å²) in [7, 11) is 0. The maximum atomic E-state index is 10.9. The van der Waals surface area contributed by atoms with Gasteiger partial charge in [-0.1, -0.05) is 0 Å². The van der Waals surface area contributed by atoms with Crippen molar-refractivity contribution in [3.8, 4) is 0 Å². The molecule has 0 aromatic rings. The molecule has 0 aliphatic carbocycles. The number of carbonyl (C=O) groups is 1. The lowest BCUT2D eigenvalue weighted by molar-refractivity contribution is -0.129. The van der Waals surface area contributed by atoms with Gasteiger partial charge in [-0.2, -0.15) is 0 Å². The van der Waals surface area contributed by atoms with E-state index < -0.39 is 0 Å². The maximum Gasteiger partial charge on any atom is 0.259 e. The Hall–Kier alpha value is -0.970. The minimum atomic E-state index is -0.198. The average Bonchev–Trinajstić information content (AvgIpc) is 2.07. The summed E-state index contributed by atoms with van der Waals surface area (Å²) in [6, 6.07) is 0. The monoisotopic (exact) mass is 230 g/mol. The third kappa shape index (κ3) is 1.20. The van der Waals surface area contributed by atoms with Crippen molar-refractivity contribution in [1.82, 2.24) is 9.24 Å².